The van der Waals surface area contributed by atoms with Gasteiger partial charge in [-0.15, -0.1) is 0 Å². The number of sulfonamides is 1. The van der Waals surface area contributed by atoms with E-state index >= 15 is 0 Å². The number of hydrazone groups is 1. The normalized spacial score (nSPS) is 11.3. The van der Waals surface area contributed by atoms with Crippen molar-refractivity contribution in [1.82, 2.24) is 0 Å². The highest BCUT2D eigenvalue weighted by molar-refractivity contribution is 7.93. The maximum atomic E-state index is 13.2. The van der Waals surface area contributed by atoms with Crippen molar-refractivity contribution in [3.8, 4) is 11.5 Å². The summed E-state index contributed by atoms with van der Waals surface area (Å²) in [5, 5.41) is 25.1. The van der Waals surface area contributed by atoms with Crippen LogP contribution in [0.2, 0.25) is 0 Å². The highest BCUT2D eigenvalue weighted by Crippen LogP contribution is 2.31. The van der Waals surface area contributed by atoms with Gasteiger partial charge >= 0.3 is 0 Å². The van der Waals surface area contributed by atoms with Gasteiger partial charge in [-0.2, -0.15) is 5.10 Å². The van der Waals surface area contributed by atoms with Crippen LogP contribution in [-0.4, -0.2) is 48.0 Å². The first-order valence-electron chi connectivity index (χ1n) is 10.8. The Morgan fingerprint density at radius 3 is 2.27 bits per heavy atom. The Morgan fingerprint density at radius 2 is 1.70 bits per heavy atom. The van der Waals surface area contributed by atoms with Gasteiger partial charge in [0.1, 0.15) is 16.4 Å². The number of hydrogen-bond donors (Lipinski definition) is 3. The molecule has 0 aliphatic heterocycles. The lowest BCUT2D eigenvalue weighted by Gasteiger charge is -2.14. The van der Waals surface area contributed by atoms with Crippen LogP contribution in [0.1, 0.15) is 18.9 Å². The Bertz CT molecular complexity index is 1390. The molecule has 3 N–H and O–H groups in total. The number of aromatic hydroxyl groups is 1. The van der Waals surface area contributed by atoms with Crippen molar-refractivity contribution in [3.05, 3.63) is 82.4 Å². The molecule has 13 heteroatoms. The van der Waals surface area contributed by atoms with Crippen LogP contribution >= 0.6 is 0 Å². The second-order valence-corrected chi connectivity index (χ2v) is 10.7. The molecule has 3 aromatic rings. The highest BCUT2D eigenvalue weighted by atomic mass is 32.2. The summed E-state index contributed by atoms with van der Waals surface area (Å²) in [4.78, 5) is 10.2. The van der Waals surface area contributed by atoms with Crippen molar-refractivity contribution in [3.63, 3.8) is 0 Å². The van der Waals surface area contributed by atoms with Gasteiger partial charge in [0.25, 0.3) is 15.7 Å². The monoisotopic (exact) mass is 548 g/mol. The number of anilines is 2. The van der Waals surface area contributed by atoms with E-state index in [1.165, 1.54) is 37.4 Å². The maximum Gasteiger partial charge on any atom is 0.270 e. The zero-order valence-electron chi connectivity index (χ0n) is 20.7. The number of benzene rings is 3. The fraction of sp³-hybridized carbons (Fsp3) is 0.208. The lowest BCUT2D eigenvalue weighted by Crippen LogP contribution is -2.16. The number of non-ortho nitro benzene ring substituents is 1. The number of hydrogen-bond acceptors (Lipinski definition) is 9. The minimum absolute atomic E-state index is 0.0488. The summed E-state index contributed by atoms with van der Waals surface area (Å²) in [6.45, 7) is 1.87. The van der Waals surface area contributed by atoms with Gasteiger partial charge in [0.2, 0.25) is 0 Å². The first-order valence-corrected chi connectivity index (χ1v) is 14.2. The van der Waals surface area contributed by atoms with Gasteiger partial charge in [-0.1, -0.05) is 19.1 Å². The van der Waals surface area contributed by atoms with Crippen LogP contribution in [0.25, 0.3) is 0 Å². The van der Waals surface area contributed by atoms with Gasteiger partial charge < -0.3 is 9.84 Å². The molecule has 0 bridgehead atoms. The maximum absolute atomic E-state index is 13.2. The molecule has 0 saturated carbocycles. The lowest BCUT2D eigenvalue weighted by atomic mass is 10.1. The van der Waals surface area contributed by atoms with E-state index in [0.29, 0.717) is 17.9 Å². The molecule has 198 valence electrons. The molecule has 37 heavy (non-hydrogen) atoms. The standard InChI is InChI=1S/C22H22N4O6S.C2H6OS/c1-3-18(15-8-11-17(27)12-9-15)23-24-20-13-10-16(26(28)29)14-22(20)33(30,31)25-19-6-4-5-7-21(19)32-2;1-4(2)3/h4-14,24-25,27H,3H2,1-2H3;1-2H3/b23-18-;. The smallest absolute Gasteiger partial charge is 0.270 e. The number of phenolic OH excluding ortho intramolecular Hbond substituents is 1. The number of ether oxygens (including phenoxy) is 1. The lowest BCUT2D eigenvalue weighted by molar-refractivity contribution is -0.385. The molecule has 3 rings (SSSR count). The quantitative estimate of drug-likeness (QED) is 0.202. The largest absolute Gasteiger partial charge is 0.508 e. The second-order valence-electron chi connectivity index (χ2n) is 7.56. The van der Waals surface area contributed by atoms with E-state index in [2.05, 4.69) is 15.2 Å². The molecule has 3 aromatic carbocycles. The van der Waals surface area contributed by atoms with E-state index in [4.69, 9.17) is 4.74 Å². The number of nitro benzene ring substituents is 1. The van der Waals surface area contributed by atoms with Gasteiger partial charge in [0.05, 0.1) is 29.1 Å². The topological polar surface area (TPSA) is 160 Å². The predicted octanol–water partition coefficient (Wildman–Crippen LogP) is 4.33. The van der Waals surface area contributed by atoms with Crippen molar-refractivity contribution in [2.45, 2.75) is 18.2 Å². The van der Waals surface area contributed by atoms with Crippen LogP contribution in [0.3, 0.4) is 0 Å². The molecule has 11 nitrogen and oxygen atoms in total. The van der Waals surface area contributed by atoms with Crippen molar-refractivity contribution in [2.75, 3.05) is 29.8 Å². The van der Waals surface area contributed by atoms with Gasteiger partial charge in [0.15, 0.2) is 0 Å². The SMILES string of the molecule is CC/C(=N/Nc1ccc([N+](=O)[O-])cc1S(=O)(=O)Nc1ccccc1OC)c1ccc(O)cc1.CS(C)=O. The molecule has 0 fully saturated rings. The minimum atomic E-state index is -4.26. The number of nitrogens with one attached hydrogen (secondary N) is 2. The Balaban J connectivity index is 0.00000112. The summed E-state index contributed by atoms with van der Waals surface area (Å²) >= 11 is 0. The number of nitro groups is 1. The van der Waals surface area contributed by atoms with Crippen LogP contribution in [-0.2, 0) is 20.8 Å². The zero-order chi connectivity index (χ0) is 27.6. The summed E-state index contributed by atoms with van der Waals surface area (Å²) in [5.41, 5.74) is 3.87. The number of phenols is 1. The van der Waals surface area contributed by atoms with Gasteiger partial charge in [0, 0.05) is 35.4 Å². The van der Waals surface area contributed by atoms with E-state index in [1.54, 1.807) is 42.8 Å². The third-order valence-corrected chi connectivity index (χ3v) is 6.07. The zero-order valence-corrected chi connectivity index (χ0v) is 22.3. The molecule has 0 aromatic heterocycles. The molecule has 0 aliphatic rings. The number of nitrogens with zero attached hydrogens (tertiary/aromatic N) is 2. The summed E-state index contributed by atoms with van der Waals surface area (Å²) in [6.07, 6.45) is 3.78. The van der Waals surface area contributed by atoms with Crippen LogP contribution in [0, 0.1) is 10.1 Å². The Labute approximate surface area is 217 Å². The van der Waals surface area contributed by atoms with Crippen molar-refractivity contribution in [1.29, 1.82) is 0 Å². The average Bonchev–Trinajstić information content (AvgIpc) is 2.85. The van der Waals surface area contributed by atoms with Crippen molar-refractivity contribution >= 4 is 43.6 Å². The molecule has 0 heterocycles. The van der Waals surface area contributed by atoms with Crippen molar-refractivity contribution in [2.24, 2.45) is 5.10 Å². The number of methoxy groups -OCH3 is 1. The third-order valence-electron chi connectivity index (χ3n) is 4.66. The minimum Gasteiger partial charge on any atom is -0.508 e. The molecule has 0 unspecified atom stereocenters. The Kier molecular flexibility index (Phi) is 10.6. The van der Waals surface area contributed by atoms with Crippen molar-refractivity contribution < 1.29 is 27.4 Å². The van der Waals surface area contributed by atoms with Crippen LogP contribution in [0.5, 0.6) is 11.5 Å². The molecular weight excluding hydrogens is 520 g/mol. The van der Waals surface area contributed by atoms with Gasteiger partial charge in [-0.3, -0.25) is 24.5 Å². The molecule has 0 amide bonds. The number of para-hydroxylation sites is 2. The summed E-state index contributed by atoms with van der Waals surface area (Å²) in [7, 11) is -3.47. The molecule has 0 saturated heterocycles. The van der Waals surface area contributed by atoms with E-state index in [-0.39, 0.29) is 27.7 Å². The van der Waals surface area contributed by atoms with E-state index < -0.39 is 25.7 Å². The van der Waals surface area contributed by atoms with E-state index in [1.807, 2.05) is 6.92 Å². The van der Waals surface area contributed by atoms with E-state index in [0.717, 1.165) is 11.6 Å². The Morgan fingerprint density at radius 1 is 1.08 bits per heavy atom. The predicted molar refractivity (Wildman–Crippen MR) is 145 cm³/mol. The molecule has 0 spiro atoms. The van der Waals surface area contributed by atoms with Gasteiger partial charge in [-0.05, 0) is 54.4 Å². The van der Waals surface area contributed by atoms with Crippen LogP contribution in [0.4, 0.5) is 17.1 Å². The third kappa shape index (κ3) is 8.58. The first kappa shape index (κ1) is 29.3. The summed E-state index contributed by atoms with van der Waals surface area (Å²) < 4.78 is 43.5. The molecule has 0 radical (unpaired) electrons. The van der Waals surface area contributed by atoms with Crippen LogP contribution in [0.15, 0.2) is 76.7 Å². The second kappa shape index (κ2) is 13.4. The Hall–Kier alpha value is -3.97. The first-order chi connectivity index (χ1) is 17.5. The molecular formula is C24H28N4O7S2. The van der Waals surface area contributed by atoms with Crippen LogP contribution < -0.4 is 14.9 Å². The fourth-order valence-electron chi connectivity index (χ4n) is 3.00. The highest BCUT2D eigenvalue weighted by Gasteiger charge is 2.24. The van der Waals surface area contributed by atoms with Gasteiger partial charge in [-0.25, -0.2) is 8.42 Å². The molecule has 0 atom stereocenters. The summed E-state index contributed by atoms with van der Waals surface area (Å²) in [6, 6.07) is 16.2. The average molecular weight is 549 g/mol. The fourth-order valence-corrected chi connectivity index (χ4v) is 4.24. The van der Waals surface area contributed by atoms with E-state index in [9.17, 15) is 27.8 Å². The summed E-state index contributed by atoms with van der Waals surface area (Å²) in [5.74, 6) is 0.396. The number of rotatable bonds is 9. The molecule has 0 aliphatic carbocycles.